The summed E-state index contributed by atoms with van der Waals surface area (Å²) >= 11 is 12.0. The minimum Gasteiger partial charge on any atom is -0.506 e. The molecule has 0 radical (unpaired) electrons. The van der Waals surface area contributed by atoms with Gasteiger partial charge in [-0.3, -0.25) is 4.79 Å². The van der Waals surface area contributed by atoms with Crippen LogP contribution in [0.15, 0.2) is 12.1 Å². The van der Waals surface area contributed by atoms with Crippen molar-refractivity contribution in [1.29, 1.82) is 0 Å². The van der Waals surface area contributed by atoms with Crippen LogP contribution in [-0.4, -0.2) is 17.1 Å². The van der Waals surface area contributed by atoms with E-state index in [9.17, 15) is 9.90 Å². The van der Waals surface area contributed by atoms with Crippen molar-refractivity contribution in [3.8, 4) is 5.75 Å². The van der Waals surface area contributed by atoms with Crippen LogP contribution in [0.25, 0.3) is 0 Å². The van der Waals surface area contributed by atoms with Crippen molar-refractivity contribution in [2.24, 2.45) is 0 Å². The van der Waals surface area contributed by atoms with Gasteiger partial charge in [-0.05, 0) is 25.0 Å². The lowest BCUT2D eigenvalue weighted by atomic mass is 9.99. The molecule has 166 valence electrons. The largest absolute Gasteiger partial charge is 0.506 e. The molecule has 0 fully saturated rings. The molecule has 1 aromatic rings. The molecule has 1 rings (SSSR count). The number of amides is 1. The van der Waals surface area contributed by atoms with Crippen LogP contribution < -0.4 is 5.32 Å². The molecule has 0 saturated heterocycles. The molecule has 0 aliphatic rings. The normalized spacial score (nSPS) is 11.2. The number of nitrogens with one attached hydrogen (secondary N) is 1. The third-order valence-electron chi connectivity index (χ3n) is 5.42. The van der Waals surface area contributed by atoms with Crippen molar-refractivity contribution in [2.75, 3.05) is 0 Å². The fraction of sp³-hybridized carbons (Fsp3) is 0.708. The molecule has 3 nitrogen and oxygen atoms in total. The Morgan fingerprint density at radius 1 is 0.862 bits per heavy atom. The number of phenolic OH excluding ortho intramolecular Hbond substituents is 1. The van der Waals surface area contributed by atoms with E-state index in [4.69, 9.17) is 23.2 Å². The molecule has 2 N–H and O–H groups in total. The van der Waals surface area contributed by atoms with E-state index < -0.39 is 0 Å². The number of unbranched alkanes of at least 4 members (excludes halogenated alkanes) is 10. The Hall–Kier alpha value is -0.930. The number of halogens is 2. The highest BCUT2D eigenvalue weighted by molar-refractivity contribution is 6.36. The van der Waals surface area contributed by atoms with Crippen molar-refractivity contribution in [2.45, 2.75) is 110 Å². The maximum atomic E-state index is 12.7. The van der Waals surface area contributed by atoms with E-state index in [0.29, 0.717) is 5.02 Å². The van der Waals surface area contributed by atoms with Crippen LogP contribution in [-0.2, 0) is 0 Å². The third kappa shape index (κ3) is 11.1. The Morgan fingerprint density at radius 2 is 1.34 bits per heavy atom. The highest BCUT2D eigenvalue weighted by Crippen LogP contribution is 2.31. The predicted molar refractivity (Wildman–Crippen MR) is 125 cm³/mol. The molecule has 5 heteroatoms. The van der Waals surface area contributed by atoms with Gasteiger partial charge in [-0.1, -0.05) is 114 Å². The monoisotopic (exact) mass is 443 g/mol. The molecule has 29 heavy (non-hydrogen) atoms. The number of hydrogen-bond donors (Lipinski definition) is 2. The lowest BCUT2D eigenvalue weighted by Crippen LogP contribution is -2.35. The van der Waals surface area contributed by atoms with Gasteiger partial charge in [-0.2, -0.15) is 0 Å². The minimum absolute atomic E-state index is 0.103. The number of carbonyl (C=O) groups is 1. The molecular weight excluding hydrogens is 405 g/mol. The standard InChI is InChI=1S/C24H39Cl2NO2/c1-3-5-7-9-11-13-15-20(16-14-12-10-8-6-4-2)27-24(29)21-17-19(25)18-22(26)23(21)28/h17-18,20,28H,3-16H2,1-2H3,(H,27,29). The van der Waals surface area contributed by atoms with E-state index in [1.807, 2.05) is 0 Å². The molecule has 1 amide bonds. The number of hydrogen-bond acceptors (Lipinski definition) is 2. The fourth-order valence-electron chi connectivity index (χ4n) is 3.63. The first-order valence-corrected chi connectivity index (χ1v) is 12.2. The van der Waals surface area contributed by atoms with Crippen molar-refractivity contribution < 1.29 is 9.90 Å². The highest BCUT2D eigenvalue weighted by atomic mass is 35.5. The lowest BCUT2D eigenvalue weighted by Gasteiger charge is -2.19. The maximum absolute atomic E-state index is 12.7. The van der Waals surface area contributed by atoms with E-state index >= 15 is 0 Å². The van der Waals surface area contributed by atoms with Gasteiger partial charge in [0.2, 0.25) is 0 Å². The second-order valence-corrected chi connectivity index (χ2v) is 8.91. The van der Waals surface area contributed by atoms with Gasteiger partial charge in [0.1, 0.15) is 5.75 Å². The first-order chi connectivity index (χ1) is 14.0. The van der Waals surface area contributed by atoms with Crippen molar-refractivity contribution in [3.63, 3.8) is 0 Å². The van der Waals surface area contributed by atoms with Gasteiger partial charge in [-0.25, -0.2) is 0 Å². The van der Waals surface area contributed by atoms with Crippen molar-refractivity contribution >= 4 is 29.1 Å². The Balaban J connectivity index is 2.58. The molecule has 0 aliphatic carbocycles. The van der Waals surface area contributed by atoms with E-state index in [1.54, 1.807) is 0 Å². The van der Waals surface area contributed by atoms with Crippen LogP contribution in [0.4, 0.5) is 0 Å². The Bertz CT molecular complexity index is 576. The number of phenols is 1. The second kappa shape index (κ2) is 15.8. The van der Waals surface area contributed by atoms with E-state index in [0.717, 1.165) is 25.7 Å². The second-order valence-electron chi connectivity index (χ2n) is 8.07. The third-order valence-corrected chi connectivity index (χ3v) is 5.93. The zero-order valence-electron chi connectivity index (χ0n) is 18.2. The van der Waals surface area contributed by atoms with Gasteiger partial charge in [0.05, 0.1) is 10.6 Å². The van der Waals surface area contributed by atoms with Crippen molar-refractivity contribution in [1.82, 2.24) is 5.32 Å². The average Bonchev–Trinajstić information content (AvgIpc) is 2.69. The first kappa shape index (κ1) is 26.1. The summed E-state index contributed by atoms with van der Waals surface area (Å²) in [6.07, 6.45) is 16.8. The summed E-state index contributed by atoms with van der Waals surface area (Å²) in [5, 5.41) is 13.7. The van der Waals surface area contributed by atoms with E-state index in [-0.39, 0.29) is 28.3 Å². The Morgan fingerprint density at radius 3 is 1.86 bits per heavy atom. The van der Waals surface area contributed by atoms with Crippen LogP contribution >= 0.6 is 23.2 Å². The zero-order valence-corrected chi connectivity index (χ0v) is 19.8. The van der Waals surface area contributed by atoms with Gasteiger partial charge in [-0.15, -0.1) is 0 Å². The maximum Gasteiger partial charge on any atom is 0.255 e. The van der Waals surface area contributed by atoms with E-state index in [2.05, 4.69) is 19.2 Å². The topological polar surface area (TPSA) is 49.3 Å². The van der Waals surface area contributed by atoms with Crippen LogP contribution in [0.1, 0.15) is 114 Å². The molecule has 1 aromatic carbocycles. The molecule has 0 saturated carbocycles. The molecule has 0 atom stereocenters. The first-order valence-electron chi connectivity index (χ1n) is 11.5. The summed E-state index contributed by atoms with van der Waals surface area (Å²) in [5.74, 6) is -0.500. The number of benzene rings is 1. The predicted octanol–water partition coefficient (Wildman–Crippen LogP) is 8.30. The van der Waals surface area contributed by atoms with Crippen LogP contribution in [0, 0.1) is 0 Å². The van der Waals surface area contributed by atoms with Crippen LogP contribution in [0.5, 0.6) is 5.75 Å². The van der Waals surface area contributed by atoms with Crippen LogP contribution in [0.3, 0.4) is 0 Å². The number of aromatic hydroxyl groups is 1. The fourth-order valence-corrected chi connectivity index (χ4v) is 4.13. The van der Waals surface area contributed by atoms with Gasteiger partial charge in [0, 0.05) is 11.1 Å². The molecule has 0 aliphatic heterocycles. The van der Waals surface area contributed by atoms with Gasteiger partial charge >= 0.3 is 0 Å². The van der Waals surface area contributed by atoms with Gasteiger partial charge < -0.3 is 10.4 Å². The summed E-state index contributed by atoms with van der Waals surface area (Å²) < 4.78 is 0. The highest BCUT2D eigenvalue weighted by Gasteiger charge is 2.19. The zero-order chi connectivity index (χ0) is 21.5. The SMILES string of the molecule is CCCCCCCCC(CCCCCCCC)NC(=O)c1cc(Cl)cc(Cl)c1O. The summed E-state index contributed by atoms with van der Waals surface area (Å²) in [6.45, 7) is 4.45. The molecule has 0 unspecified atom stereocenters. The summed E-state index contributed by atoms with van der Waals surface area (Å²) in [6, 6.07) is 3.04. The van der Waals surface area contributed by atoms with Gasteiger partial charge in [0.25, 0.3) is 5.91 Å². The molecule has 0 bridgehead atoms. The summed E-state index contributed by atoms with van der Waals surface area (Å²) in [4.78, 5) is 12.7. The van der Waals surface area contributed by atoms with Crippen molar-refractivity contribution in [3.05, 3.63) is 27.7 Å². The number of rotatable bonds is 16. The molecule has 0 spiro atoms. The Kier molecular flexibility index (Phi) is 14.3. The lowest BCUT2D eigenvalue weighted by molar-refractivity contribution is 0.0929. The Labute approximate surface area is 187 Å². The molecule has 0 heterocycles. The van der Waals surface area contributed by atoms with Gasteiger partial charge in [0.15, 0.2) is 0 Å². The molecule has 0 aromatic heterocycles. The number of carbonyl (C=O) groups excluding carboxylic acids is 1. The molecular formula is C24H39Cl2NO2. The quantitative estimate of drug-likeness (QED) is 0.252. The minimum atomic E-state index is -0.297. The van der Waals surface area contributed by atoms with E-state index in [1.165, 1.54) is 76.3 Å². The average molecular weight is 444 g/mol. The summed E-state index contributed by atoms with van der Waals surface area (Å²) in [7, 11) is 0. The van der Waals surface area contributed by atoms with Crippen LogP contribution in [0.2, 0.25) is 10.0 Å². The smallest absolute Gasteiger partial charge is 0.255 e. The summed E-state index contributed by atoms with van der Waals surface area (Å²) in [5.41, 5.74) is 0.151.